The fraction of sp³-hybridized carbons (Fsp3) is 0.889. The molecule has 1 unspecified atom stereocenters. The van der Waals surface area contributed by atoms with Crippen LogP contribution in [0.4, 0.5) is 0 Å². The number of nitrogens with zero attached hydrogens (tertiary/aromatic N) is 1. The van der Waals surface area contributed by atoms with Crippen molar-refractivity contribution in [2.24, 2.45) is 10.7 Å². The van der Waals surface area contributed by atoms with Gasteiger partial charge in [0.25, 0.3) is 0 Å². The highest BCUT2D eigenvalue weighted by Gasteiger charge is 2.04. The van der Waals surface area contributed by atoms with E-state index in [1.165, 1.54) is 0 Å². The van der Waals surface area contributed by atoms with Crippen LogP contribution in [-0.4, -0.2) is 32.3 Å². The first-order valence-electron chi connectivity index (χ1n) is 4.79. The molecule has 4 heteroatoms. The second kappa shape index (κ2) is 7.86. The molecule has 0 aromatic rings. The van der Waals surface area contributed by atoms with Gasteiger partial charge >= 0.3 is 0 Å². The second-order valence-corrected chi connectivity index (χ2v) is 2.97. The van der Waals surface area contributed by atoms with E-state index in [-0.39, 0.29) is 6.04 Å². The molecule has 0 aliphatic rings. The minimum absolute atomic E-state index is 0.269. The number of hydrogen-bond donors (Lipinski definition) is 2. The SMILES string of the molecule is CCCN=C(N)NC(CC)COC. The zero-order valence-electron chi connectivity index (χ0n) is 8.84. The Morgan fingerprint density at radius 2 is 2.23 bits per heavy atom. The lowest BCUT2D eigenvalue weighted by Crippen LogP contribution is -2.42. The van der Waals surface area contributed by atoms with Crippen molar-refractivity contribution in [3.8, 4) is 0 Å². The van der Waals surface area contributed by atoms with Crippen LogP contribution < -0.4 is 11.1 Å². The van der Waals surface area contributed by atoms with Gasteiger partial charge < -0.3 is 15.8 Å². The third kappa shape index (κ3) is 6.40. The maximum atomic E-state index is 5.65. The summed E-state index contributed by atoms with van der Waals surface area (Å²) >= 11 is 0. The lowest BCUT2D eigenvalue weighted by Gasteiger charge is -2.16. The van der Waals surface area contributed by atoms with Gasteiger partial charge in [-0.05, 0) is 12.8 Å². The van der Waals surface area contributed by atoms with Gasteiger partial charge in [-0.25, -0.2) is 0 Å². The Morgan fingerprint density at radius 3 is 2.69 bits per heavy atom. The van der Waals surface area contributed by atoms with E-state index in [1.54, 1.807) is 7.11 Å². The van der Waals surface area contributed by atoms with Crippen molar-refractivity contribution in [2.45, 2.75) is 32.7 Å². The van der Waals surface area contributed by atoms with E-state index in [4.69, 9.17) is 10.5 Å². The summed E-state index contributed by atoms with van der Waals surface area (Å²) in [5, 5.41) is 3.11. The number of nitrogens with two attached hydrogens (primary N) is 1. The number of guanidine groups is 1. The monoisotopic (exact) mass is 187 g/mol. The standard InChI is InChI=1S/C9H21N3O/c1-4-6-11-9(10)12-8(5-2)7-13-3/h8H,4-7H2,1-3H3,(H3,10,11,12). The molecule has 0 spiro atoms. The van der Waals surface area contributed by atoms with Crippen molar-refractivity contribution in [3.05, 3.63) is 0 Å². The Hall–Kier alpha value is -0.770. The summed E-state index contributed by atoms with van der Waals surface area (Å²) < 4.78 is 5.03. The van der Waals surface area contributed by atoms with E-state index in [0.717, 1.165) is 19.4 Å². The van der Waals surface area contributed by atoms with Crippen molar-refractivity contribution >= 4 is 5.96 Å². The first-order valence-corrected chi connectivity index (χ1v) is 4.79. The quantitative estimate of drug-likeness (QED) is 0.476. The Kier molecular flexibility index (Phi) is 7.39. The van der Waals surface area contributed by atoms with E-state index in [0.29, 0.717) is 12.6 Å². The molecule has 3 N–H and O–H groups in total. The fourth-order valence-corrected chi connectivity index (χ4v) is 0.950. The van der Waals surface area contributed by atoms with Crippen LogP contribution in [0.25, 0.3) is 0 Å². The Bertz CT molecular complexity index is 148. The van der Waals surface area contributed by atoms with Crippen LogP contribution in [0.3, 0.4) is 0 Å². The predicted octanol–water partition coefficient (Wildman–Crippen LogP) is 0.726. The molecule has 0 heterocycles. The molecular weight excluding hydrogens is 166 g/mol. The molecule has 0 radical (unpaired) electrons. The van der Waals surface area contributed by atoms with Crippen molar-refractivity contribution in [2.75, 3.05) is 20.3 Å². The lowest BCUT2D eigenvalue weighted by atomic mass is 10.2. The largest absolute Gasteiger partial charge is 0.383 e. The second-order valence-electron chi connectivity index (χ2n) is 2.97. The molecule has 0 aromatic heterocycles. The van der Waals surface area contributed by atoms with Gasteiger partial charge in [-0.2, -0.15) is 0 Å². The Balaban J connectivity index is 3.77. The maximum absolute atomic E-state index is 5.65. The Labute approximate surface area is 80.6 Å². The molecular formula is C9H21N3O. The molecule has 13 heavy (non-hydrogen) atoms. The summed E-state index contributed by atoms with van der Waals surface area (Å²) in [6.07, 6.45) is 2.00. The highest BCUT2D eigenvalue weighted by molar-refractivity contribution is 5.78. The summed E-state index contributed by atoms with van der Waals surface area (Å²) in [6.45, 7) is 5.61. The maximum Gasteiger partial charge on any atom is 0.188 e. The topological polar surface area (TPSA) is 59.6 Å². The molecule has 1 atom stereocenters. The summed E-state index contributed by atoms with van der Waals surface area (Å²) in [6, 6.07) is 0.269. The molecule has 0 amide bonds. The lowest BCUT2D eigenvalue weighted by molar-refractivity contribution is 0.172. The molecule has 0 aromatic carbocycles. The van der Waals surface area contributed by atoms with Crippen LogP contribution in [0.15, 0.2) is 4.99 Å². The number of aliphatic imine (C=N–C) groups is 1. The summed E-state index contributed by atoms with van der Waals surface area (Å²) in [5.74, 6) is 0.519. The van der Waals surface area contributed by atoms with Crippen LogP contribution in [-0.2, 0) is 4.74 Å². The van der Waals surface area contributed by atoms with Crippen molar-refractivity contribution < 1.29 is 4.74 Å². The van der Waals surface area contributed by atoms with Gasteiger partial charge in [-0.3, -0.25) is 4.99 Å². The number of methoxy groups -OCH3 is 1. The Morgan fingerprint density at radius 1 is 1.54 bits per heavy atom. The van der Waals surface area contributed by atoms with Crippen LogP contribution in [0.5, 0.6) is 0 Å². The van der Waals surface area contributed by atoms with E-state index >= 15 is 0 Å². The van der Waals surface area contributed by atoms with E-state index in [1.807, 2.05) is 0 Å². The van der Waals surface area contributed by atoms with Crippen LogP contribution in [0.2, 0.25) is 0 Å². The third-order valence-electron chi connectivity index (χ3n) is 1.72. The molecule has 0 fully saturated rings. The molecule has 4 nitrogen and oxygen atoms in total. The highest BCUT2D eigenvalue weighted by Crippen LogP contribution is 1.90. The number of rotatable bonds is 6. The summed E-state index contributed by atoms with van der Waals surface area (Å²) in [7, 11) is 1.68. The first-order chi connectivity index (χ1) is 6.24. The molecule has 0 saturated carbocycles. The predicted molar refractivity (Wildman–Crippen MR) is 55.9 cm³/mol. The van der Waals surface area contributed by atoms with Gasteiger partial charge in [0.05, 0.1) is 12.6 Å². The minimum atomic E-state index is 0.269. The summed E-state index contributed by atoms with van der Waals surface area (Å²) in [5.41, 5.74) is 5.65. The van der Waals surface area contributed by atoms with E-state index in [9.17, 15) is 0 Å². The fourth-order valence-electron chi connectivity index (χ4n) is 0.950. The van der Waals surface area contributed by atoms with Crippen LogP contribution in [0.1, 0.15) is 26.7 Å². The van der Waals surface area contributed by atoms with Gasteiger partial charge in [0.15, 0.2) is 5.96 Å². The molecule has 0 saturated heterocycles. The average Bonchev–Trinajstić information content (AvgIpc) is 2.14. The van der Waals surface area contributed by atoms with Gasteiger partial charge in [0.2, 0.25) is 0 Å². The zero-order valence-corrected chi connectivity index (χ0v) is 8.84. The zero-order chi connectivity index (χ0) is 10.1. The smallest absolute Gasteiger partial charge is 0.188 e. The van der Waals surface area contributed by atoms with Gasteiger partial charge in [0, 0.05) is 13.7 Å². The highest BCUT2D eigenvalue weighted by atomic mass is 16.5. The molecule has 0 bridgehead atoms. The molecule has 0 aliphatic heterocycles. The van der Waals surface area contributed by atoms with Gasteiger partial charge in [-0.1, -0.05) is 13.8 Å². The normalized spacial score (nSPS) is 14.2. The third-order valence-corrected chi connectivity index (χ3v) is 1.72. The number of ether oxygens (including phenoxy) is 1. The van der Waals surface area contributed by atoms with E-state index < -0.39 is 0 Å². The first kappa shape index (κ1) is 12.2. The van der Waals surface area contributed by atoms with Crippen molar-refractivity contribution in [1.82, 2.24) is 5.32 Å². The molecule has 0 rings (SSSR count). The van der Waals surface area contributed by atoms with E-state index in [2.05, 4.69) is 24.2 Å². The molecule has 0 aliphatic carbocycles. The van der Waals surface area contributed by atoms with Gasteiger partial charge in [-0.15, -0.1) is 0 Å². The average molecular weight is 187 g/mol. The van der Waals surface area contributed by atoms with Gasteiger partial charge in [0.1, 0.15) is 0 Å². The number of nitrogens with one attached hydrogen (secondary N) is 1. The van der Waals surface area contributed by atoms with Crippen molar-refractivity contribution in [1.29, 1.82) is 0 Å². The van der Waals surface area contributed by atoms with Crippen LogP contribution in [0, 0.1) is 0 Å². The number of hydrogen-bond acceptors (Lipinski definition) is 2. The van der Waals surface area contributed by atoms with Crippen LogP contribution >= 0.6 is 0 Å². The van der Waals surface area contributed by atoms with Crippen molar-refractivity contribution in [3.63, 3.8) is 0 Å². The summed E-state index contributed by atoms with van der Waals surface area (Å²) in [4.78, 5) is 4.14. The molecule has 78 valence electrons. The minimum Gasteiger partial charge on any atom is -0.383 e.